The van der Waals surface area contributed by atoms with Crippen LogP contribution in [0.5, 0.6) is 11.5 Å². The first-order valence-corrected chi connectivity index (χ1v) is 12.9. The summed E-state index contributed by atoms with van der Waals surface area (Å²) >= 11 is 6.95. The van der Waals surface area contributed by atoms with Gasteiger partial charge in [0, 0.05) is 38.1 Å². The molecule has 2 aromatic heterocycles. The molecule has 3 aromatic rings. The Bertz CT molecular complexity index is 1180. The summed E-state index contributed by atoms with van der Waals surface area (Å²) in [5.41, 5.74) is 1.04. The minimum absolute atomic E-state index is 0.441. The number of fused-ring (bicyclic) bond motifs is 1. The van der Waals surface area contributed by atoms with Crippen LogP contribution in [0.25, 0.3) is 0 Å². The van der Waals surface area contributed by atoms with E-state index in [1.165, 1.54) is 18.2 Å². The summed E-state index contributed by atoms with van der Waals surface area (Å²) in [6.45, 7) is 5.88. The fourth-order valence-electron chi connectivity index (χ4n) is 4.04. The predicted molar refractivity (Wildman–Crippen MR) is 139 cm³/mol. The Hall–Kier alpha value is -3.18. The van der Waals surface area contributed by atoms with Gasteiger partial charge in [-0.1, -0.05) is 13.0 Å². The van der Waals surface area contributed by atoms with Crippen LogP contribution in [-0.4, -0.2) is 51.4 Å². The molecule has 0 spiro atoms. The first-order chi connectivity index (χ1) is 17.1. The summed E-state index contributed by atoms with van der Waals surface area (Å²) < 4.78 is 11.3. The van der Waals surface area contributed by atoms with Crippen molar-refractivity contribution in [2.45, 2.75) is 36.5 Å². The first-order valence-electron chi connectivity index (χ1n) is 11.6. The summed E-state index contributed by atoms with van der Waals surface area (Å²) in [6.07, 6.45) is 5.83. The molecule has 182 valence electrons. The van der Waals surface area contributed by atoms with E-state index < -0.39 is 0 Å². The van der Waals surface area contributed by atoms with Crippen LogP contribution in [0.1, 0.15) is 25.3 Å². The maximum atomic E-state index is 5.67. The Kier molecular flexibility index (Phi) is 7.43. The predicted octanol–water partition coefficient (Wildman–Crippen LogP) is 3.91. The number of benzene rings is 1. The van der Waals surface area contributed by atoms with Gasteiger partial charge in [0.05, 0.1) is 0 Å². The van der Waals surface area contributed by atoms with Crippen molar-refractivity contribution in [2.24, 2.45) is 5.92 Å². The topological polar surface area (TPSA) is 97.3 Å². The van der Waals surface area contributed by atoms with Crippen molar-refractivity contribution in [3.8, 4) is 11.5 Å². The molecule has 4 heterocycles. The van der Waals surface area contributed by atoms with Crippen LogP contribution in [0, 0.1) is 5.92 Å². The normalized spacial score (nSPS) is 17.1. The summed E-state index contributed by atoms with van der Waals surface area (Å²) in [5.74, 6) is 3.47. The minimum Gasteiger partial charge on any atom is -0.486 e. The third kappa shape index (κ3) is 6.29. The Balaban J connectivity index is 1.29. The second-order valence-electron chi connectivity index (χ2n) is 8.50. The van der Waals surface area contributed by atoms with E-state index in [0.717, 1.165) is 47.4 Å². The molecule has 0 saturated carbocycles. The molecule has 1 saturated heterocycles. The Morgan fingerprint density at radius 1 is 1.14 bits per heavy atom. The fraction of sp³-hybridized carbons (Fsp3) is 0.375. The van der Waals surface area contributed by atoms with E-state index in [4.69, 9.17) is 26.7 Å². The SMILES string of the molecule is C[C@H]1CCCN(c2cc(Sc3ncccn3)nc(NC(=S)NCc3ccc4c(c3)OCCO4)n2)C1. The average Bonchev–Trinajstić information content (AvgIpc) is 2.88. The highest BCUT2D eigenvalue weighted by atomic mass is 32.2. The number of nitrogens with zero attached hydrogens (tertiary/aromatic N) is 5. The van der Waals surface area contributed by atoms with Gasteiger partial charge in [-0.2, -0.15) is 4.98 Å². The minimum atomic E-state index is 0.441. The number of aromatic nitrogens is 4. The molecule has 9 nitrogen and oxygen atoms in total. The molecule has 2 aliphatic heterocycles. The van der Waals surface area contributed by atoms with Gasteiger partial charge in [-0.3, -0.25) is 0 Å². The van der Waals surface area contributed by atoms with Gasteiger partial charge in [-0.05, 0) is 66.5 Å². The van der Waals surface area contributed by atoms with E-state index in [0.29, 0.717) is 41.9 Å². The smallest absolute Gasteiger partial charge is 0.232 e. The van der Waals surface area contributed by atoms with Crippen molar-refractivity contribution in [3.05, 3.63) is 48.3 Å². The molecule has 0 bridgehead atoms. The zero-order chi connectivity index (χ0) is 24.0. The van der Waals surface area contributed by atoms with Crippen molar-refractivity contribution in [3.63, 3.8) is 0 Å². The van der Waals surface area contributed by atoms with E-state index in [2.05, 4.69) is 37.4 Å². The molecule has 0 unspecified atom stereocenters. The summed E-state index contributed by atoms with van der Waals surface area (Å²) in [6, 6.07) is 9.67. The summed E-state index contributed by atoms with van der Waals surface area (Å²) in [7, 11) is 0. The van der Waals surface area contributed by atoms with Gasteiger partial charge in [0.2, 0.25) is 5.95 Å². The standard InChI is InChI=1S/C24H27N7O2S2/c1-16-4-2-9-31(15-16)20-13-21(35-24-25-7-3-8-26-24)29-22(28-20)30-23(34)27-14-17-5-6-18-19(12-17)33-11-10-32-18/h3,5-8,12-13,16H,2,4,9-11,14-15H2,1H3,(H2,27,28,29,30,34)/t16-/m0/s1. The first kappa shape index (κ1) is 23.6. The summed E-state index contributed by atoms with van der Waals surface area (Å²) in [5, 5.41) is 8.22. The van der Waals surface area contributed by atoms with Crippen LogP contribution in [-0.2, 0) is 6.54 Å². The Morgan fingerprint density at radius 2 is 1.97 bits per heavy atom. The lowest BCUT2D eigenvalue weighted by atomic mass is 10.0. The molecule has 0 radical (unpaired) electrons. The second kappa shape index (κ2) is 11.0. The lowest BCUT2D eigenvalue weighted by Gasteiger charge is -2.32. The number of anilines is 2. The summed E-state index contributed by atoms with van der Waals surface area (Å²) in [4.78, 5) is 20.4. The van der Waals surface area contributed by atoms with Gasteiger partial charge >= 0.3 is 0 Å². The van der Waals surface area contributed by atoms with Gasteiger partial charge in [0.1, 0.15) is 24.1 Å². The maximum absolute atomic E-state index is 5.67. The number of piperidine rings is 1. The molecule has 0 aliphatic carbocycles. The van der Waals surface area contributed by atoms with E-state index in [-0.39, 0.29) is 0 Å². The largest absolute Gasteiger partial charge is 0.486 e. The molecule has 1 atom stereocenters. The highest BCUT2D eigenvalue weighted by Gasteiger charge is 2.20. The highest BCUT2D eigenvalue weighted by molar-refractivity contribution is 7.99. The molecular weight excluding hydrogens is 482 g/mol. The lowest BCUT2D eigenvalue weighted by Crippen LogP contribution is -2.35. The molecule has 2 N–H and O–H groups in total. The van der Waals surface area contributed by atoms with Crippen molar-refractivity contribution >= 4 is 40.9 Å². The number of hydrogen-bond donors (Lipinski definition) is 2. The van der Waals surface area contributed by atoms with Gasteiger partial charge in [-0.25, -0.2) is 15.0 Å². The Morgan fingerprint density at radius 3 is 2.80 bits per heavy atom. The molecule has 5 rings (SSSR count). The lowest BCUT2D eigenvalue weighted by molar-refractivity contribution is 0.171. The number of nitrogens with one attached hydrogen (secondary N) is 2. The van der Waals surface area contributed by atoms with E-state index in [1.54, 1.807) is 18.5 Å². The van der Waals surface area contributed by atoms with E-state index >= 15 is 0 Å². The zero-order valence-corrected chi connectivity index (χ0v) is 21.1. The third-order valence-corrected chi connectivity index (χ3v) is 6.75. The second-order valence-corrected chi connectivity index (χ2v) is 9.90. The average molecular weight is 510 g/mol. The molecule has 1 aromatic carbocycles. The monoisotopic (exact) mass is 509 g/mol. The van der Waals surface area contributed by atoms with Crippen LogP contribution in [0.2, 0.25) is 0 Å². The molecule has 1 fully saturated rings. The van der Waals surface area contributed by atoms with Crippen LogP contribution in [0.15, 0.2) is 52.9 Å². The quantitative estimate of drug-likeness (QED) is 0.287. The molecule has 35 heavy (non-hydrogen) atoms. The van der Waals surface area contributed by atoms with Gasteiger partial charge < -0.3 is 25.0 Å². The molecule has 0 amide bonds. The zero-order valence-electron chi connectivity index (χ0n) is 19.4. The third-order valence-electron chi connectivity index (χ3n) is 5.69. The van der Waals surface area contributed by atoms with Gasteiger partial charge in [-0.15, -0.1) is 0 Å². The van der Waals surface area contributed by atoms with E-state index in [1.807, 2.05) is 24.3 Å². The van der Waals surface area contributed by atoms with Crippen LogP contribution in [0.4, 0.5) is 11.8 Å². The fourth-order valence-corrected chi connectivity index (χ4v) is 4.91. The maximum Gasteiger partial charge on any atom is 0.232 e. The number of rotatable bonds is 6. The van der Waals surface area contributed by atoms with Gasteiger partial charge in [0.25, 0.3) is 0 Å². The van der Waals surface area contributed by atoms with Crippen molar-refractivity contribution < 1.29 is 9.47 Å². The van der Waals surface area contributed by atoms with Crippen molar-refractivity contribution in [1.82, 2.24) is 25.3 Å². The highest BCUT2D eigenvalue weighted by Crippen LogP contribution is 2.31. The van der Waals surface area contributed by atoms with Gasteiger partial charge in [0.15, 0.2) is 21.8 Å². The molecular formula is C24H27N7O2S2. The Labute approximate surface area is 214 Å². The van der Waals surface area contributed by atoms with E-state index in [9.17, 15) is 0 Å². The van der Waals surface area contributed by atoms with Crippen molar-refractivity contribution in [1.29, 1.82) is 0 Å². The van der Waals surface area contributed by atoms with Crippen LogP contribution >= 0.6 is 24.0 Å². The number of hydrogen-bond acceptors (Lipinski definition) is 9. The van der Waals surface area contributed by atoms with Crippen LogP contribution < -0.4 is 25.0 Å². The van der Waals surface area contributed by atoms with Crippen LogP contribution in [0.3, 0.4) is 0 Å². The molecule has 11 heteroatoms. The molecule has 2 aliphatic rings. The van der Waals surface area contributed by atoms with Crippen molar-refractivity contribution in [2.75, 3.05) is 36.5 Å². The number of thiocarbonyl (C=S) groups is 1. The number of ether oxygens (including phenoxy) is 2.